The Kier molecular flexibility index (Phi) is 4.41. The number of ether oxygens (including phenoxy) is 3. The predicted molar refractivity (Wildman–Crippen MR) is 92.7 cm³/mol. The van der Waals surface area contributed by atoms with Gasteiger partial charge in [-0.25, -0.2) is 0 Å². The summed E-state index contributed by atoms with van der Waals surface area (Å²) in [6.07, 6.45) is 2.03. The molecule has 0 aromatic heterocycles. The fourth-order valence-electron chi connectivity index (χ4n) is 3.53. The van der Waals surface area contributed by atoms with Crippen molar-refractivity contribution in [2.75, 3.05) is 26.9 Å². The molecule has 126 valence electrons. The molecule has 1 N–H and O–H groups in total. The maximum absolute atomic E-state index is 6.02. The van der Waals surface area contributed by atoms with Crippen molar-refractivity contribution in [3.05, 3.63) is 58.7 Å². The average Bonchev–Trinajstić information content (AvgIpc) is 3.08. The summed E-state index contributed by atoms with van der Waals surface area (Å²) in [5.74, 6) is 1.95. The van der Waals surface area contributed by atoms with Gasteiger partial charge in [-0.1, -0.05) is 12.1 Å². The highest BCUT2D eigenvalue weighted by atomic mass is 16.5. The summed E-state index contributed by atoms with van der Waals surface area (Å²) in [6.45, 7) is 3.06. The lowest BCUT2D eigenvalue weighted by atomic mass is 9.94. The summed E-state index contributed by atoms with van der Waals surface area (Å²) in [5, 5.41) is 3.50. The van der Waals surface area contributed by atoms with Crippen LogP contribution in [-0.4, -0.2) is 26.9 Å². The van der Waals surface area contributed by atoms with Crippen molar-refractivity contribution in [2.45, 2.75) is 25.5 Å². The number of benzene rings is 2. The van der Waals surface area contributed by atoms with Gasteiger partial charge in [0.25, 0.3) is 0 Å². The van der Waals surface area contributed by atoms with Gasteiger partial charge in [0.2, 0.25) is 0 Å². The van der Waals surface area contributed by atoms with E-state index < -0.39 is 0 Å². The van der Waals surface area contributed by atoms with Crippen molar-refractivity contribution in [1.82, 2.24) is 5.32 Å². The highest BCUT2D eigenvalue weighted by Crippen LogP contribution is 2.29. The molecule has 0 fully saturated rings. The van der Waals surface area contributed by atoms with Gasteiger partial charge in [-0.05, 0) is 59.5 Å². The lowest BCUT2D eigenvalue weighted by molar-refractivity contribution is 0.164. The van der Waals surface area contributed by atoms with Crippen LogP contribution in [0.1, 0.15) is 28.3 Å². The second-order valence-electron chi connectivity index (χ2n) is 6.40. The molecular formula is C20H23NO3. The van der Waals surface area contributed by atoms with Crippen LogP contribution < -0.4 is 14.8 Å². The summed E-state index contributed by atoms with van der Waals surface area (Å²) in [4.78, 5) is 0. The van der Waals surface area contributed by atoms with E-state index in [9.17, 15) is 0 Å². The second-order valence-corrected chi connectivity index (χ2v) is 6.40. The molecule has 0 bridgehead atoms. The zero-order chi connectivity index (χ0) is 16.4. The summed E-state index contributed by atoms with van der Waals surface area (Å²) < 4.78 is 16.9. The SMILES string of the molecule is COC[C@@H]1NCCc2cc(OCc3ccc4c(c3)CCO4)ccc21. The average molecular weight is 325 g/mol. The van der Waals surface area contributed by atoms with Gasteiger partial charge in [-0.15, -0.1) is 0 Å². The number of rotatable bonds is 5. The molecule has 4 rings (SSSR count). The minimum Gasteiger partial charge on any atom is -0.493 e. The van der Waals surface area contributed by atoms with Crippen LogP contribution in [0.5, 0.6) is 11.5 Å². The first-order valence-corrected chi connectivity index (χ1v) is 8.56. The number of nitrogens with one attached hydrogen (secondary N) is 1. The number of methoxy groups -OCH3 is 1. The van der Waals surface area contributed by atoms with E-state index >= 15 is 0 Å². The minimum atomic E-state index is 0.282. The van der Waals surface area contributed by atoms with Gasteiger partial charge in [0.1, 0.15) is 18.1 Å². The molecule has 4 heteroatoms. The van der Waals surface area contributed by atoms with E-state index in [-0.39, 0.29) is 6.04 Å². The first kappa shape index (κ1) is 15.5. The number of hydrogen-bond donors (Lipinski definition) is 1. The van der Waals surface area contributed by atoms with Crippen LogP contribution in [0.3, 0.4) is 0 Å². The molecule has 24 heavy (non-hydrogen) atoms. The van der Waals surface area contributed by atoms with Gasteiger partial charge in [-0.2, -0.15) is 0 Å². The van der Waals surface area contributed by atoms with Crippen molar-refractivity contribution >= 4 is 0 Å². The summed E-state index contributed by atoms with van der Waals surface area (Å²) in [6, 6.07) is 13.0. The largest absolute Gasteiger partial charge is 0.493 e. The van der Waals surface area contributed by atoms with Crippen molar-refractivity contribution in [2.24, 2.45) is 0 Å². The standard InChI is InChI=1S/C20H23NO3/c1-22-13-19-18-4-3-17(11-15(18)6-8-21-19)24-12-14-2-5-20-16(10-14)7-9-23-20/h2-5,10-11,19,21H,6-9,12-13H2,1H3/t19-/m0/s1. The molecule has 4 nitrogen and oxygen atoms in total. The smallest absolute Gasteiger partial charge is 0.122 e. The van der Waals surface area contributed by atoms with E-state index in [1.54, 1.807) is 7.11 Å². The topological polar surface area (TPSA) is 39.7 Å². The molecular weight excluding hydrogens is 302 g/mol. The van der Waals surface area contributed by atoms with Crippen LogP contribution in [0, 0.1) is 0 Å². The van der Waals surface area contributed by atoms with Gasteiger partial charge in [0.15, 0.2) is 0 Å². The van der Waals surface area contributed by atoms with Crippen LogP contribution in [0.15, 0.2) is 36.4 Å². The van der Waals surface area contributed by atoms with Gasteiger partial charge >= 0.3 is 0 Å². The Morgan fingerprint density at radius 3 is 3.00 bits per heavy atom. The van der Waals surface area contributed by atoms with Crippen molar-refractivity contribution < 1.29 is 14.2 Å². The Morgan fingerprint density at radius 2 is 2.08 bits per heavy atom. The van der Waals surface area contributed by atoms with Crippen molar-refractivity contribution in [1.29, 1.82) is 0 Å². The van der Waals surface area contributed by atoms with E-state index in [0.29, 0.717) is 13.2 Å². The zero-order valence-corrected chi connectivity index (χ0v) is 14.0. The molecule has 2 aliphatic rings. The molecule has 2 aromatic rings. The van der Waals surface area contributed by atoms with E-state index in [2.05, 4.69) is 41.7 Å². The van der Waals surface area contributed by atoms with Crippen molar-refractivity contribution in [3.8, 4) is 11.5 Å². The van der Waals surface area contributed by atoms with Crippen molar-refractivity contribution in [3.63, 3.8) is 0 Å². The third-order valence-corrected chi connectivity index (χ3v) is 4.77. The molecule has 1 atom stereocenters. The van der Waals surface area contributed by atoms with Crippen LogP contribution >= 0.6 is 0 Å². The molecule has 2 aromatic carbocycles. The Morgan fingerprint density at radius 1 is 1.12 bits per heavy atom. The Balaban J connectivity index is 1.45. The van der Waals surface area contributed by atoms with E-state index in [4.69, 9.17) is 14.2 Å². The first-order valence-electron chi connectivity index (χ1n) is 8.56. The predicted octanol–water partition coefficient (Wildman–Crippen LogP) is 3.03. The monoisotopic (exact) mass is 325 g/mol. The van der Waals surface area contributed by atoms with E-state index in [1.807, 2.05) is 0 Å². The molecule has 0 spiro atoms. The molecule has 0 saturated carbocycles. The lowest BCUT2D eigenvalue weighted by Gasteiger charge is -2.26. The fourth-order valence-corrected chi connectivity index (χ4v) is 3.53. The van der Waals surface area contributed by atoms with Crippen LogP contribution in [0.25, 0.3) is 0 Å². The highest BCUT2D eigenvalue weighted by Gasteiger charge is 2.20. The van der Waals surface area contributed by atoms with E-state index in [0.717, 1.165) is 37.5 Å². The quantitative estimate of drug-likeness (QED) is 0.917. The molecule has 0 aliphatic carbocycles. The molecule has 0 unspecified atom stereocenters. The summed E-state index contributed by atoms with van der Waals surface area (Å²) in [7, 11) is 1.75. The Bertz CT molecular complexity index is 729. The highest BCUT2D eigenvalue weighted by molar-refractivity contribution is 5.41. The fraction of sp³-hybridized carbons (Fsp3) is 0.400. The minimum absolute atomic E-state index is 0.282. The van der Waals surface area contributed by atoms with E-state index in [1.165, 1.54) is 22.3 Å². The second kappa shape index (κ2) is 6.83. The third-order valence-electron chi connectivity index (χ3n) is 4.77. The zero-order valence-electron chi connectivity index (χ0n) is 14.0. The number of hydrogen-bond acceptors (Lipinski definition) is 4. The molecule has 0 amide bonds. The van der Waals surface area contributed by atoms with Crippen LogP contribution in [0.2, 0.25) is 0 Å². The van der Waals surface area contributed by atoms with Gasteiger partial charge < -0.3 is 19.5 Å². The van der Waals surface area contributed by atoms with Gasteiger partial charge in [0.05, 0.1) is 19.3 Å². The maximum atomic E-state index is 6.02. The Labute approximate surface area is 142 Å². The van der Waals surface area contributed by atoms with Gasteiger partial charge in [-0.3, -0.25) is 0 Å². The van der Waals surface area contributed by atoms with Gasteiger partial charge in [0, 0.05) is 13.5 Å². The maximum Gasteiger partial charge on any atom is 0.122 e. The lowest BCUT2D eigenvalue weighted by Crippen LogP contribution is -2.32. The third kappa shape index (κ3) is 3.12. The summed E-state index contributed by atoms with van der Waals surface area (Å²) >= 11 is 0. The van der Waals surface area contributed by atoms with Crippen LogP contribution in [0.4, 0.5) is 0 Å². The van der Waals surface area contributed by atoms with Crippen LogP contribution in [-0.2, 0) is 24.2 Å². The molecule has 2 heterocycles. The number of fused-ring (bicyclic) bond motifs is 2. The summed E-state index contributed by atoms with van der Waals surface area (Å²) in [5.41, 5.74) is 5.16. The first-order chi connectivity index (χ1) is 11.8. The normalized spacial score (nSPS) is 18.6. The molecule has 0 radical (unpaired) electrons. The Hall–Kier alpha value is -2.04. The molecule has 0 saturated heterocycles. The molecule has 2 aliphatic heterocycles.